The number of hydrogen-bond donors (Lipinski definition) is 2. The SMILES string of the molecule is CC(CNC(C)(C)C)CN1CCCC(C(N)=O)C1. The molecule has 1 rings (SSSR count). The van der Waals surface area contributed by atoms with Crippen LogP contribution in [-0.2, 0) is 4.79 Å². The Kier molecular flexibility index (Phi) is 5.60. The maximum Gasteiger partial charge on any atom is 0.221 e. The lowest BCUT2D eigenvalue weighted by Gasteiger charge is -2.33. The molecule has 1 heterocycles. The largest absolute Gasteiger partial charge is 0.369 e. The number of carbonyl (C=O) groups excluding carboxylic acids is 1. The van der Waals surface area contributed by atoms with Gasteiger partial charge in [-0.1, -0.05) is 6.92 Å². The number of primary amides is 1. The fraction of sp³-hybridized carbons (Fsp3) is 0.929. The van der Waals surface area contributed by atoms with Crippen LogP contribution in [-0.4, -0.2) is 42.5 Å². The number of rotatable bonds is 5. The van der Waals surface area contributed by atoms with Gasteiger partial charge in [-0.3, -0.25) is 4.79 Å². The van der Waals surface area contributed by atoms with Gasteiger partial charge in [0.15, 0.2) is 0 Å². The molecular weight excluding hydrogens is 226 g/mol. The summed E-state index contributed by atoms with van der Waals surface area (Å²) in [6.07, 6.45) is 2.05. The van der Waals surface area contributed by atoms with Crippen molar-refractivity contribution in [2.45, 2.75) is 46.1 Å². The number of hydrogen-bond acceptors (Lipinski definition) is 3. The molecule has 1 aliphatic heterocycles. The highest BCUT2D eigenvalue weighted by molar-refractivity contribution is 5.76. The molecule has 2 atom stereocenters. The summed E-state index contributed by atoms with van der Waals surface area (Å²) >= 11 is 0. The predicted molar refractivity (Wildman–Crippen MR) is 75.3 cm³/mol. The van der Waals surface area contributed by atoms with Crippen LogP contribution in [0.4, 0.5) is 0 Å². The molecule has 0 bridgehead atoms. The summed E-state index contributed by atoms with van der Waals surface area (Å²) in [7, 11) is 0. The van der Waals surface area contributed by atoms with Gasteiger partial charge < -0.3 is 16.0 Å². The van der Waals surface area contributed by atoms with Gasteiger partial charge >= 0.3 is 0 Å². The second-order valence-corrected chi connectivity index (χ2v) is 6.74. The van der Waals surface area contributed by atoms with Crippen LogP contribution in [0.1, 0.15) is 40.5 Å². The molecule has 3 N–H and O–H groups in total. The Hall–Kier alpha value is -0.610. The summed E-state index contributed by atoms with van der Waals surface area (Å²) in [6, 6.07) is 0. The monoisotopic (exact) mass is 255 g/mol. The van der Waals surface area contributed by atoms with Crippen LogP contribution in [0, 0.1) is 11.8 Å². The third-order valence-corrected chi connectivity index (χ3v) is 3.46. The van der Waals surface area contributed by atoms with Crippen molar-refractivity contribution in [3.8, 4) is 0 Å². The molecule has 0 saturated carbocycles. The average molecular weight is 255 g/mol. The zero-order valence-electron chi connectivity index (χ0n) is 12.3. The Balaban J connectivity index is 2.31. The number of nitrogens with two attached hydrogens (primary N) is 1. The smallest absolute Gasteiger partial charge is 0.221 e. The van der Waals surface area contributed by atoms with Crippen LogP contribution in [0.2, 0.25) is 0 Å². The maximum atomic E-state index is 11.2. The lowest BCUT2D eigenvalue weighted by Crippen LogP contribution is -2.45. The van der Waals surface area contributed by atoms with Crippen LogP contribution in [0.3, 0.4) is 0 Å². The highest BCUT2D eigenvalue weighted by Crippen LogP contribution is 2.17. The second kappa shape index (κ2) is 6.53. The van der Waals surface area contributed by atoms with Gasteiger partial charge in [-0.05, 0) is 52.6 Å². The van der Waals surface area contributed by atoms with Crippen LogP contribution in [0.5, 0.6) is 0 Å². The summed E-state index contributed by atoms with van der Waals surface area (Å²) in [5, 5.41) is 3.53. The molecule has 4 nitrogen and oxygen atoms in total. The first-order valence-electron chi connectivity index (χ1n) is 7.04. The van der Waals surface area contributed by atoms with E-state index >= 15 is 0 Å². The molecule has 0 aromatic rings. The van der Waals surface area contributed by atoms with E-state index in [2.05, 4.69) is 37.9 Å². The second-order valence-electron chi connectivity index (χ2n) is 6.74. The van der Waals surface area contributed by atoms with Gasteiger partial charge in [0, 0.05) is 18.6 Å². The number of nitrogens with zero attached hydrogens (tertiary/aromatic N) is 1. The molecule has 1 aliphatic rings. The van der Waals surface area contributed by atoms with E-state index in [1.807, 2.05) is 0 Å². The van der Waals surface area contributed by atoms with Gasteiger partial charge in [0.25, 0.3) is 0 Å². The average Bonchev–Trinajstić information content (AvgIpc) is 2.26. The van der Waals surface area contributed by atoms with E-state index in [1.54, 1.807) is 0 Å². The van der Waals surface area contributed by atoms with Gasteiger partial charge in [0.1, 0.15) is 0 Å². The quantitative estimate of drug-likeness (QED) is 0.776. The topological polar surface area (TPSA) is 58.4 Å². The van der Waals surface area contributed by atoms with Crippen LogP contribution >= 0.6 is 0 Å². The van der Waals surface area contributed by atoms with Crippen molar-refractivity contribution in [1.82, 2.24) is 10.2 Å². The highest BCUT2D eigenvalue weighted by atomic mass is 16.1. The van der Waals surface area contributed by atoms with Crippen molar-refractivity contribution >= 4 is 5.91 Å². The van der Waals surface area contributed by atoms with Crippen LogP contribution < -0.4 is 11.1 Å². The highest BCUT2D eigenvalue weighted by Gasteiger charge is 2.24. The number of nitrogens with one attached hydrogen (secondary N) is 1. The number of amides is 1. The fourth-order valence-electron chi connectivity index (χ4n) is 2.44. The minimum Gasteiger partial charge on any atom is -0.369 e. The Morgan fingerprint density at radius 1 is 1.50 bits per heavy atom. The normalized spacial score (nSPS) is 23.9. The first-order valence-corrected chi connectivity index (χ1v) is 7.04. The predicted octanol–water partition coefficient (Wildman–Crippen LogP) is 1.21. The van der Waals surface area contributed by atoms with E-state index in [0.717, 1.165) is 39.0 Å². The molecular formula is C14H29N3O. The summed E-state index contributed by atoms with van der Waals surface area (Å²) in [5.74, 6) is 0.512. The minimum atomic E-state index is -0.139. The van der Waals surface area contributed by atoms with Gasteiger partial charge in [0.05, 0.1) is 5.92 Å². The summed E-state index contributed by atoms with van der Waals surface area (Å²) in [5.41, 5.74) is 5.57. The van der Waals surface area contributed by atoms with E-state index < -0.39 is 0 Å². The van der Waals surface area contributed by atoms with Gasteiger partial charge in [0.2, 0.25) is 5.91 Å². The molecule has 106 valence electrons. The van der Waals surface area contributed by atoms with Crippen LogP contribution in [0.25, 0.3) is 0 Å². The summed E-state index contributed by atoms with van der Waals surface area (Å²) in [6.45, 7) is 12.8. The van der Waals surface area contributed by atoms with Gasteiger partial charge in [-0.2, -0.15) is 0 Å². The van der Waals surface area contributed by atoms with E-state index in [0.29, 0.717) is 5.92 Å². The standard InChI is InChI=1S/C14H29N3O/c1-11(8-16-14(2,3)4)9-17-7-5-6-12(10-17)13(15)18/h11-12,16H,5-10H2,1-4H3,(H2,15,18). The lowest BCUT2D eigenvalue weighted by atomic mass is 9.96. The first kappa shape index (κ1) is 15.4. The Morgan fingerprint density at radius 2 is 2.17 bits per heavy atom. The molecule has 1 amide bonds. The Labute approximate surface area is 111 Å². The van der Waals surface area contributed by atoms with Gasteiger partial charge in [-0.15, -0.1) is 0 Å². The third kappa shape index (κ3) is 5.83. The first-order chi connectivity index (χ1) is 8.28. The van der Waals surface area contributed by atoms with E-state index in [4.69, 9.17) is 5.73 Å². The number of piperidine rings is 1. The third-order valence-electron chi connectivity index (χ3n) is 3.46. The van der Waals surface area contributed by atoms with E-state index in [-0.39, 0.29) is 17.4 Å². The van der Waals surface area contributed by atoms with E-state index in [9.17, 15) is 4.79 Å². The Bertz CT molecular complexity index is 273. The molecule has 18 heavy (non-hydrogen) atoms. The zero-order chi connectivity index (χ0) is 13.8. The molecule has 0 spiro atoms. The van der Waals surface area contributed by atoms with Crippen molar-refractivity contribution in [1.29, 1.82) is 0 Å². The van der Waals surface area contributed by atoms with Crippen molar-refractivity contribution in [2.75, 3.05) is 26.2 Å². The minimum absolute atomic E-state index is 0.0570. The molecule has 0 aromatic heterocycles. The Morgan fingerprint density at radius 3 is 2.72 bits per heavy atom. The number of carbonyl (C=O) groups is 1. The molecule has 1 fully saturated rings. The lowest BCUT2D eigenvalue weighted by molar-refractivity contribution is -0.123. The van der Waals surface area contributed by atoms with Crippen molar-refractivity contribution in [3.63, 3.8) is 0 Å². The van der Waals surface area contributed by atoms with Gasteiger partial charge in [-0.25, -0.2) is 0 Å². The molecule has 0 aromatic carbocycles. The zero-order valence-corrected chi connectivity index (χ0v) is 12.3. The summed E-state index contributed by atoms with van der Waals surface area (Å²) < 4.78 is 0. The molecule has 0 radical (unpaired) electrons. The van der Waals surface area contributed by atoms with Crippen molar-refractivity contribution < 1.29 is 4.79 Å². The fourth-order valence-corrected chi connectivity index (χ4v) is 2.44. The van der Waals surface area contributed by atoms with E-state index in [1.165, 1.54) is 0 Å². The number of likely N-dealkylation sites (tertiary alicyclic amines) is 1. The molecule has 4 heteroatoms. The molecule has 2 unspecified atom stereocenters. The molecule has 1 saturated heterocycles. The maximum absolute atomic E-state index is 11.2. The summed E-state index contributed by atoms with van der Waals surface area (Å²) in [4.78, 5) is 13.6. The molecule has 0 aliphatic carbocycles. The van der Waals surface area contributed by atoms with Crippen molar-refractivity contribution in [2.24, 2.45) is 17.6 Å². The van der Waals surface area contributed by atoms with Crippen LogP contribution in [0.15, 0.2) is 0 Å². The van der Waals surface area contributed by atoms with Crippen molar-refractivity contribution in [3.05, 3.63) is 0 Å².